The summed E-state index contributed by atoms with van der Waals surface area (Å²) in [5, 5.41) is 1.10. The SMILES string of the molecule is COC(=O)[C@@H]1Cc2c([nH]c3ccccc23)[C@H]2C[C@@H](N3CCOCC3)C[C@@H](c3ccc(C(F)(F)F)cc3)N21. The standard InChI is InChI=1S/C28H30F3N3O3/c1-36-27(35)25-16-21-20-4-2-3-5-22(20)32-26(21)24-15-19(33-10-12-37-13-11-33)14-23(34(24)25)17-6-8-18(9-7-17)28(29,30)31/h2-9,19,23-25,32H,10-16H2,1H3/t19-,23-,24+,25-/m0/s1. The number of aromatic nitrogens is 1. The first-order chi connectivity index (χ1) is 17.8. The van der Waals surface area contributed by atoms with Gasteiger partial charge >= 0.3 is 12.1 Å². The number of benzene rings is 2. The number of hydrogen-bond donors (Lipinski definition) is 1. The van der Waals surface area contributed by atoms with E-state index >= 15 is 0 Å². The van der Waals surface area contributed by atoms with Crippen LogP contribution in [0.1, 0.15) is 47.3 Å². The second kappa shape index (κ2) is 9.45. The minimum atomic E-state index is -4.40. The van der Waals surface area contributed by atoms with Gasteiger partial charge in [-0.05, 0) is 42.2 Å². The number of nitrogens with one attached hydrogen (secondary N) is 1. The van der Waals surface area contributed by atoms with Crippen LogP contribution < -0.4 is 0 Å². The summed E-state index contributed by atoms with van der Waals surface area (Å²) in [7, 11) is 1.40. The van der Waals surface area contributed by atoms with E-state index < -0.39 is 17.8 Å². The van der Waals surface area contributed by atoms with Crippen LogP contribution in [0.5, 0.6) is 0 Å². The number of nitrogens with zero attached hydrogens (tertiary/aromatic N) is 2. The Morgan fingerprint density at radius 1 is 1.03 bits per heavy atom. The number of piperidine rings is 1. The summed E-state index contributed by atoms with van der Waals surface area (Å²) in [5.74, 6) is -0.317. The van der Waals surface area contributed by atoms with E-state index in [2.05, 4.69) is 20.9 Å². The molecule has 37 heavy (non-hydrogen) atoms. The van der Waals surface area contributed by atoms with Gasteiger partial charge < -0.3 is 14.5 Å². The summed E-state index contributed by atoms with van der Waals surface area (Å²) in [6.45, 7) is 2.96. The van der Waals surface area contributed by atoms with Gasteiger partial charge in [-0.2, -0.15) is 13.2 Å². The lowest BCUT2D eigenvalue weighted by Crippen LogP contribution is -2.57. The molecule has 2 fully saturated rings. The summed E-state index contributed by atoms with van der Waals surface area (Å²) in [4.78, 5) is 21.4. The number of fused-ring (bicyclic) bond motifs is 5. The summed E-state index contributed by atoms with van der Waals surface area (Å²) < 4.78 is 50.8. The Morgan fingerprint density at radius 2 is 1.73 bits per heavy atom. The fraction of sp³-hybridized carbons (Fsp3) is 0.464. The molecule has 2 aromatic carbocycles. The number of hydrogen-bond acceptors (Lipinski definition) is 5. The first kappa shape index (κ1) is 24.5. The van der Waals surface area contributed by atoms with Gasteiger partial charge in [0, 0.05) is 48.2 Å². The van der Waals surface area contributed by atoms with Crippen molar-refractivity contribution in [1.82, 2.24) is 14.8 Å². The van der Waals surface area contributed by atoms with Crippen LogP contribution in [0, 0.1) is 0 Å². The maximum Gasteiger partial charge on any atom is 0.416 e. The second-order valence-electron chi connectivity index (χ2n) is 10.2. The average Bonchev–Trinajstić information content (AvgIpc) is 3.30. The Morgan fingerprint density at radius 3 is 2.43 bits per heavy atom. The summed E-state index contributed by atoms with van der Waals surface area (Å²) >= 11 is 0. The third-order valence-corrected chi connectivity index (χ3v) is 8.31. The molecule has 0 radical (unpaired) electrons. The van der Waals surface area contributed by atoms with Gasteiger partial charge in [-0.3, -0.25) is 14.6 Å². The molecule has 0 spiro atoms. The molecule has 0 saturated carbocycles. The Labute approximate surface area is 213 Å². The highest BCUT2D eigenvalue weighted by Gasteiger charge is 2.49. The van der Waals surface area contributed by atoms with Crippen LogP contribution in [-0.4, -0.2) is 66.2 Å². The fourth-order valence-electron chi connectivity index (χ4n) is 6.58. The van der Waals surface area contributed by atoms with E-state index in [-0.39, 0.29) is 24.1 Å². The van der Waals surface area contributed by atoms with Crippen LogP contribution in [0.25, 0.3) is 10.9 Å². The zero-order chi connectivity index (χ0) is 25.7. The van der Waals surface area contributed by atoms with Crippen molar-refractivity contribution < 1.29 is 27.4 Å². The quantitative estimate of drug-likeness (QED) is 0.507. The zero-order valence-electron chi connectivity index (χ0n) is 20.6. The molecular weight excluding hydrogens is 483 g/mol. The van der Waals surface area contributed by atoms with Crippen molar-refractivity contribution >= 4 is 16.9 Å². The number of ether oxygens (including phenoxy) is 2. The Bertz CT molecular complexity index is 1280. The largest absolute Gasteiger partial charge is 0.468 e. The smallest absolute Gasteiger partial charge is 0.416 e. The van der Waals surface area contributed by atoms with E-state index in [0.717, 1.165) is 59.4 Å². The third-order valence-electron chi connectivity index (χ3n) is 8.31. The minimum Gasteiger partial charge on any atom is -0.468 e. The lowest BCUT2D eigenvalue weighted by molar-refractivity contribution is -0.153. The number of H-pyrrole nitrogens is 1. The molecule has 0 amide bonds. The number of carbonyl (C=O) groups is 1. The van der Waals surface area contributed by atoms with E-state index in [0.29, 0.717) is 26.1 Å². The van der Waals surface area contributed by atoms with E-state index in [1.807, 2.05) is 18.2 Å². The van der Waals surface area contributed by atoms with Crippen LogP contribution in [0.2, 0.25) is 0 Å². The van der Waals surface area contributed by atoms with Crippen LogP contribution in [-0.2, 0) is 26.9 Å². The predicted molar refractivity (Wildman–Crippen MR) is 132 cm³/mol. The van der Waals surface area contributed by atoms with Gasteiger partial charge in [-0.15, -0.1) is 0 Å². The molecule has 3 aliphatic heterocycles. The fourth-order valence-corrected chi connectivity index (χ4v) is 6.58. The lowest BCUT2D eigenvalue weighted by atomic mass is 9.79. The molecule has 0 bridgehead atoms. The number of methoxy groups -OCH3 is 1. The van der Waals surface area contributed by atoms with E-state index in [9.17, 15) is 18.0 Å². The maximum atomic E-state index is 13.3. The summed E-state index contributed by atoms with van der Waals surface area (Å²) in [6.07, 6.45) is -2.39. The molecule has 2 saturated heterocycles. The highest BCUT2D eigenvalue weighted by Crippen LogP contribution is 2.50. The second-order valence-corrected chi connectivity index (χ2v) is 10.2. The molecule has 6 rings (SSSR count). The number of rotatable bonds is 3. The number of alkyl halides is 3. The van der Waals surface area contributed by atoms with Gasteiger partial charge in [0.05, 0.1) is 31.9 Å². The molecule has 6 nitrogen and oxygen atoms in total. The van der Waals surface area contributed by atoms with Gasteiger partial charge in [-0.1, -0.05) is 30.3 Å². The Hall–Kier alpha value is -2.88. The van der Waals surface area contributed by atoms with Crippen LogP contribution in [0.15, 0.2) is 48.5 Å². The van der Waals surface area contributed by atoms with E-state index in [1.54, 1.807) is 12.1 Å². The predicted octanol–water partition coefficient (Wildman–Crippen LogP) is 4.86. The molecule has 196 valence electrons. The number of halogens is 3. The number of esters is 1. The maximum absolute atomic E-state index is 13.3. The molecule has 0 unspecified atom stereocenters. The van der Waals surface area contributed by atoms with Gasteiger partial charge in [0.2, 0.25) is 0 Å². The van der Waals surface area contributed by atoms with Gasteiger partial charge in [0.15, 0.2) is 0 Å². The minimum absolute atomic E-state index is 0.103. The summed E-state index contributed by atoms with van der Waals surface area (Å²) in [6, 6.07) is 12.9. The first-order valence-corrected chi connectivity index (χ1v) is 12.8. The van der Waals surface area contributed by atoms with E-state index in [1.165, 1.54) is 7.11 Å². The van der Waals surface area contributed by atoms with Gasteiger partial charge in [0.1, 0.15) is 6.04 Å². The van der Waals surface area contributed by atoms with Crippen LogP contribution in [0.4, 0.5) is 13.2 Å². The molecule has 1 aromatic heterocycles. The third kappa shape index (κ3) is 4.32. The number of para-hydroxylation sites is 1. The van der Waals surface area contributed by atoms with Crippen LogP contribution in [0.3, 0.4) is 0 Å². The molecule has 9 heteroatoms. The number of carbonyl (C=O) groups excluding carboxylic acids is 1. The average molecular weight is 514 g/mol. The lowest BCUT2D eigenvalue weighted by Gasteiger charge is -2.52. The van der Waals surface area contributed by atoms with E-state index in [4.69, 9.17) is 9.47 Å². The van der Waals surface area contributed by atoms with Crippen molar-refractivity contribution in [3.8, 4) is 0 Å². The number of aromatic amines is 1. The van der Waals surface area contributed by atoms with Crippen molar-refractivity contribution in [2.24, 2.45) is 0 Å². The van der Waals surface area contributed by atoms with Gasteiger partial charge in [0.25, 0.3) is 0 Å². The van der Waals surface area contributed by atoms with Crippen molar-refractivity contribution in [2.75, 3.05) is 33.4 Å². The Balaban J connectivity index is 1.47. The van der Waals surface area contributed by atoms with Crippen molar-refractivity contribution in [3.05, 3.63) is 70.9 Å². The van der Waals surface area contributed by atoms with Crippen molar-refractivity contribution in [2.45, 2.75) is 49.6 Å². The highest BCUT2D eigenvalue weighted by atomic mass is 19.4. The number of morpholine rings is 1. The monoisotopic (exact) mass is 513 g/mol. The van der Waals surface area contributed by atoms with Crippen LogP contribution >= 0.6 is 0 Å². The molecular formula is C28H30F3N3O3. The zero-order valence-corrected chi connectivity index (χ0v) is 20.6. The van der Waals surface area contributed by atoms with Gasteiger partial charge in [-0.25, -0.2) is 0 Å². The topological polar surface area (TPSA) is 57.8 Å². The highest BCUT2D eigenvalue weighted by molar-refractivity contribution is 5.87. The molecule has 1 N–H and O–H groups in total. The Kier molecular flexibility index (Phi) is 6.25. The normalized spacial score (nSPS) is 27.0. The molecule has 3 aromatic rings. The molecule has 4 heterocycles. The molecule has 4 atom stereocenters. The first-order valence-electron chi connectivity index (χ1n) is 12.8. The van der Waals surface area contributed by atoms with Crippen molar-refractivity contribution in [1.29, 1.82) is 0 Å². The summed E-state index contributed by atoms with van der Waals surface area (Å²) in [5.41, 5.74) is 3.36. The van der Waals surface area contributed by atoms with Crippen molar-refractivity contribution in [3.63, 3.8) is 0 Å². The molecule has 3 aliphatic rings. The molecule has 0 aliphatic carbocycles.